The highest BCUT2D eigenvalue weighted by Gasteiger charge is 2.15. The van der Waals surface area contributed by atoms with E-state index in [1.165, 1.54) is 12.1 Å². The zero-order valence-electron chi connectivity index (χ0n) is 18.0. The van der Waals surface area contributed by atoms with Crippen molar-refractivity contribution in [3.8, 4) is 22.9 Å². The molecule has 0 unspecified atom stereocenters. The Labute approximate surface area is 186 Å². The minimum atomic E-state index is 0.773. The van der Waals surface area contributed by atoms with Crippen LogP contribution in [0.4, 0.5) is 5.69 Å². The van der Waals surface area contributed by atoms with Gasteiger partial charge in [-0.15, -0.1) is 0 Å². The van der Waals surface area contributed by atoms with Gasteiger partial charge in [0.1, 0.15) is 11.5 Å². The van der Waals surface area contributed by atoms with Crippen molar-refractivity contribution in [2.45, 2.75) is 6.42 Å². The summed E-state index contributed by atoms with van der Waals surface area (Å²) in [4.78, 5) is 25.7. The molecule has 7 heteroatoms. The molecule has 0 bridgehead atoms. The number of pyridine rings is 1. The molecule has 1 aliphatic rings. The van der Waals surface area contributed by atoms with E-state index in [9.17, 15) is 0 Å². The average molecular weight is 424 g/mol. The molecule has 0 spiro atoms. The van der Waals surface area contributed by atoms with Crippen LogP contribution in [-0.4, -0.2) is 63.0 Å². The standard InChI is InChI=1S/C25H25N7/c1-31-11-4-12-32(14-13-31)18-7-9-20-23(16-18)29-24(27-20)17-6-8-19-22(15-17)30-25(28-19)21-5-2-3-10-26-21/h2-3,5-10,15-16H,4,11-14H2,1H3,(H,27,29)(H,28,30). The van der Waals surface area contributed by atoms with Crippen molar-refractivity contribution in [2.24, 2.45) is 0 Å². The maximum atomic E-state index is 4.84. The van der Waals surface area contributed by atoms with Crippen molar-refractivity contribution in [1.29, 1.82) is 0 Å². The molecule has 0 atom stereocenters. The summed E-state index contributed by atoms with van der Waals surface area (Å²) in [5.74, 6) is 1.64. The Hall–Kier alpha value is -3.71. The second kappa shape index (κ2) is 7.76. The van der Waals surface area contributed by atoms with E-state index in [0.717, 1.165) is 71.2 Å². The van der Waals surface area contributed by atoms with Crippen molar-refractivity contribution >= 4 is 27.8 Å². The quantitative estimate of drug-likeness (QED) is 0.452. The number of likely N-dealkylation sites (N-methyl/N-ethyl adjacent to an activating group) is 1. The summed E-state index contributed by atoms with van der Waals surface area (Å²) in [6, 6.07) is 18.5. The number of aromatic nitrogens is 5. The number of hydrogen-bond acceptors (Lipinski definition) is 5. The molecule has 2 N–H and O–H groups in total. The first-order valence-corrected chi connectivity index (χ1v) is 11.1. The third-order valence-corrected chi connectivity index (χ3v) is 6.21. The van der Waals surface area contributed by atoms with Crippen molar-refractivity contribution in [2.75, 3.05) is 38.1 Å². The molecular weight excluding hydrogens is 398 g/mol. The van der Waals surface area contributed by atoms with E-state index in [0.29, 0.717) is 0 Å². The van der Waals surface area contributed by atoms with Gasteiger partial charge in [0, 0.05) is 37.1 Å². The number of nitrogens with zero attached hydrogens (tertiary/aromatic N) is 5. The Morgan fingerprint density at radius 2 is 1.59 bits per heavy atom. The first-order chi connectivity index (χ1) is 15.7. The number of anilines is 1. The highest BCUT2D eigenvalue weighted by molar-refractivity contribution is 5.86. The van der Waals surface area contributed by atoms with Gasteiger partial charge in [0.05, 0.1) is 22.1 Å². The molecule has 1 aliphatic heterocycles. The van der Waals surface area contributed by atoms with Crippen LogP contribution in [0.25, 0.3) is 45.0 Å². The van der Waals surface area contributed by atoms with Gasteiger partial charge in [0.2, 0.25) is 0 Å². The molecule has 5 aromatic rings. The number of imidazole rings is 2. The number of hydrogen-bond donors (Lipinski definition) is 2. The minimum absolute atomic E-state index is 0.773. The topological polar surface area (TPSA) is 76.7 Å². The van der Waals surface area contributed by atoms with Gasteiger partial charge < -0.3 is 19.8 Å². The molecule has 1 saturated heterocycles. The van der Waals surface area contributed by atoms with Gasteiger partial charge in [0.15, 0.2) is 5.82 Å². The van der Waals surface area contributed by atoms with Gasteiger partial charge in [-0.1, -0.05) is 6.07 Å². The van der Waals surface area contributed by atoms with Crippen molar-refractivity contribution in [3.63, 3.8) is 0 Å². The van der Waals surface area contributed by atoms with Gasteiger partial charge in [-0.2, -0.15) is 0 Å². The van der Waals surface area contributed by atoms with Gasteiger partial charge >= 0.3 is 0 Å². The lowest BCUT2D eigenvalue weighted by Crippen LogP contribution is -2.28. The minimum Gasteiger partial charge on any atom is -0.370 e. The van der Waals surface area contributed by atoms with Gasteiger partial charge in [-0.05, 0) is 68.5 Å². The summed E-state index contributed by atoms with van der Waals surface area (Å²) in [6.07, 6.45) is 2.97. The first-order valence-electron chi connectivity index (χ1n) is 11.1. The number of rotatable bonds is 3. The predicted octanol–water partition coefficient (Wildman–Crippen LogP) is 4.31. The zero-order valence-corrected chi connectivity index (χ0v) is 18.0. The molecule has 0 aliphatic carbocycles. The van der Waals surface area contributed by atoms with Crippen LogP contribution < -0.4 is 4.90 Å². The van der Waals surface area contributed by atoms with Crippen LogP contribution in [0.15, 0.2) is 60.8 Å². The van der Waals surface area contributed by atoms with E-state index in [1.54, 1.807) is 6.20 Å². The monoisotopic (exact) mass is 423 g/mol. The van der Waals surface area contributed by atoms with Crippen LogP contribution in [0.3, 0.4) is 0 Å². The molecule has 0 radical (unpaired) electrons. The summed E-state index contributed by atoms with van der Waals surface area (Å²) < 4.78 is 0. The molecule has 160 valence electrons. The van der Waals surface area contributed by atoms with E-state index in [4.69, 9.17) is 4.98 Å². The van der Waals surface area contributed by atoms with Crippen LogP contribution >= 0.6 is 0 Å². The number of nitrogens with one attached hydrogen (secondary N) is 2. The van der Waals surface area contributed by atoms with Gasteiger partial charge in [-0.3, -0.25) is 4.98 Å². The number of aromatic amines is 2. The fourth-order valence-corrected chi connectivity index (χ4v) is 4.42. The molecule has 1 fully saturated rings. The van der Waals surface area contributed by atoms with Crippen LogP contribution in [0.1, 0.15) is 6.42 Å². The van der Waals surface area contributed by atoms with E-state index in [1.807, 2.05) is 24.3 Å². The maximum absolute atomic E-state index is 4.84. The lowest BCUT2D eigenvalue weighted by atomic mass is 10.2. The van der Waals surface area contributed by atoms with E-state index < -0.39 is 0 Å². The second-order valence-corrected chi connectivity index (χ2v) is 8.46. The lowest BCUT2D eigenvalue weighted by Gasteiger charge is -2.22. The third kappa shape index (κ3) is 3.50. The molecule has 7 nitrogen and oxygen atoms in total. The molecular formula is C25H25N7. The number of fused-ring (bicyclic) bond motifs is 2. The first kappa shape index (κ1) is 19.0. The smallest absolute Gasteiger partial charge is 0.157 e. The van der Waals surface area contributed by atoms with Crippen LogP contribution in [0.5, 0.6) is 0 Å². The second-order valence-electron chi connectivity index (χ2n) is 8.46. The fourth-order valence-electron chi connectivity index (χ4n) is 4.42. The third-order valence-electron chi connectivity index (χ3n) is 6.21. The molecule has 4 heterocycles. The summed E-state index contributed by atoms with van der Waals surface area (Å²) in [6.45, 7) is 4.39. The molecule has 32 heavy (non-hydrogen) atoms. The largest absolute Gasteiger partial charge is 0.370 e. The summed E-state index contributed by atoms with van der Waals surface area (Å²) in [5, 5.41) is 0. The lowest BCUT2D eigenvalue weighted by molar-refractivity contribution is 0.360. The number of H-pyrrole nitrogens is 2. The maximum Gasteiger partial charge on any atom is 0.157 e. The van der Waals surface area contributed by atoms with Gasteiger partial charge in [-0.25, -0.2) is 9.97 Å². The highest BCUT2D eigenvalue weighted by Crippen LogP contribution is 2.28. The van der Waals surface area contributed by atoms with Crippen molar-refractivity contribution < 1.29 is 0 Å². The SMILES string of the molecule is CN1CCCN(c2ccc3nc(-c4ccc5nc(-c6ccccn6)[nH]c5c4)[nH]c3c2)CC1. The molecule has 6 rings (SSSR count). The van der Waals surface area contributed by atoms with Gasteiger partial charge in [0.25, 0.3) is 0 Å². The molecule has 0 amide bonds. The predicted molar refractivity (Wildman–Crippen MR) is 129 cm³/mol. The summed E-state index contributed by atoms with van der Waals surface area (Å²) in [5.41, 5.74) is 7.05. The number of benzene rings is 2. The summed E-state index contributed by atoms with van der Waals surface area (Å²) in [7, 11) is 2.20. The molecule has 3 aromatic heterocycles. The van der Waals surface area contributed by atoms with Crippen LogP contribution in [0, 0.1) is 0 Å². The Balaban J connectivity index is 1.32. The van der Waals surface area contributed by atoms with Crippen molar-refractivity contribution in [1.82, 2.24) is 29.8 Å². The zero-order chi connectivity index (χ0) is 21.5. The Bertz CT molecular complexity index is 1390. The van der Waals surface area contributed by atoms with Crippen LogP contribution in [0.2, 0.25) is 0 Å². The summed E-state index contributed by atoms with van der Waals surface area (Å²) >= 11 is 0. The van der Waals surface area contributed by atoms with E-state index >= 15 is 0 Å². The van der Waals surface area contributed by atoms with Crippen molar-refractivity contribution in [3.05, 3.63) is 60.8 Å². The van der Waals surface area contributed by atoms with E-state index in [2.05, 4.69) is 67.1 Å². The fraction of sp³-hybridized carbons (Fsp3) is 0.240. The molecule has 0 saturated carbocycles. The normalized spacial score (nSPS) is 15.5. The van der Waals surface area contributed by atoms with E-state index in [-0.39, 0.29) is 0 Å². The van der Waals surface area contributed by atoms with Crippen LogP contribution in [-0.2, 0) is 0 Å². The average Bonchev–Trinajstić information content (AvgIpc) is 3.38. The highest BCUT2D eigenvalue weighted by atomic mass is 15.2. The Morgan fingerprint density at radius 1 is 0.781 bits per heavy atom. The molecule has 2 aromatic carbocycles. The Morgan fingerprint density at radius 3 is 2.47 bits per heavy atom. The Kier molecular flexibility index (Phi) is 4.61.